The Morgan fingerprint density at radius 1 is 1.39 bits per heavy atom. The number of carbonyl (C=O) groups is 2. The summed E-state index contributed by atoms with van der Waals surface area (Å²) < 4.78 is 10.5. The average Bonchev–Trinajstić information content (AvgIpc) is 3.05. The smallest absolute Gasteiger partial charge is 0.315 e. The average molecular weight is 315 g/mol. The number of carbonyl (C=O) groups excluding carboxylic acids is 2. The van der Waals surface area contributed by atoms with Crippen molar-refractivity contribution < 1.29 is 18.7 Å². The summed E-state index contributed by atoms with van der Waals surface area (Å²) in [6.45, 7) is 2.20. The number of anilines is 1. The van der Waals surface area contributed by atoms with Gasteiger partial charge in [0.05, 0.1) is 24.5 Å². The van der Waals surface area contributed by atoms with Gasteiger partial charge in [0.2, 0.25) is 0 Å². The molecule has 1 aliphatic rings. The number of rotatable bonds is 4. The van der Waals surface area contributed by atoms with Crippen molar-refractivity contribution in [3.8, 4) is 5.75 Å². The molecule has 0 saturated carbocycles. The third kappa shape index (κ3) is 3.63. The quantitative estimate of drug-likeness (QED) is 0.806. The summed E-state index contributed by atoms with van der Waals surface area (Å²) in [5.41, 5.74) is 1.48. The number of amides is 3. The first kappa shape index (κ1) is 15.0. The zero-order chi connectivity index (χ0) is 16.2. The van der Waals surface area contributed by atoms with Gasteiger partial charge in [0.1, 0.15) is 11.5 Å². The van der Waals surface area contributed by atoms with Crippen molar-refractivity contribution >= 4 is 17.6 Å². The number of nitrogens with one attached hydrogen (secondary N) is 3. The molecule has 1 aliphatic heterocycles. The highest BCUT2D eigenvalue weighted by molar-refractivity contribution is 5.95. The van der Waals surface area contributed by atoms with Crippen LogP contribution < -0.4 is 20.7 Å². The van der Waals surface area contributed by atoms with Crippen LogP contribution in [0.25, 0.3) is 0 Å². The van der Waals surface area contributed by atoms with Crippen molar-refractivity contribution in [3.05, 3.63) is 47.9 Å². The van der Waals surface area contributed by atoms with Gasteiger partial charge in [-0.05, 0) is 36.8 Å². The highest BCUT2D eigenvalue weighted by Gasteiger charge is 2.18. The van der Waals surface area contributed by atoms with Crippen molar-refractivity contribution in [1.29, 1.82) is 0 Å². The van der Waals surface area contributed by atoms with E-state index in [2.05, 4.69) is 16.0 Å². The highest BCUT2D eigenvalue weighted by Crippen LogP contribution is 2.30. The third-order valence-corrected chi connectivity index (χ3v) is 3.49. The van der Waals surface area contributed by atoms with Gasteiger partial charge in [0.15, 0.2) is 6.61 Å². The normalized spacial score (nSPS) is 14.2. The molecule has 1 aromatic heterocycles. The van der Waals surface area contributed by atoms with Gasteiger partial charge in [-0.15, -0.1) is 0 Å². The maximum absolute atomic E-state index is 11.9. The molecule has 0 unspecified atom stereocenters. The molecule has 1 atom stereocenters. The van der Waals surface area contributed by atoms with Gasteiger partial charge < -0.3 is 25.1 Å². The molecule has 7 nitrogen and oxygen atoms in total. The summed E-state index contributed by atoms with van der Waals surface area (Å²) in [6.07, 6.45) is 1.56. The molecule has 23 heavy (non-hydrogen) atoms. The Hall–Kier alpha value is -2.96. The number of hydrogen-bond acceptors (Lipinski definition) is 4. The molecule has 2 heterocycles. The zero-order valence-electron chi connectivity index (χ0n) is 12.6. The number of urea groups is 1. The van der Waals surface area contributed by atoms with Crippen LogP contribution in [0.2, 0.25) is 0 Å². The second kappa shape index (κ2) is 6.43. The van der Waals surface area contributed by atoms with Gasteiger partial charge in [-0.2, -0.15) is 0 Å². The van der Waals surface area contributed by atoms with Crippen LogP contribution in [0.4, 0.5) is 10.5 Å². The number of furan rings is 1. The topological polar surface area (TPSA) is 92.6 Å². The van der Waals surface area contributed by atoms with Crippen molar-refractivity contribution in [2.24, 2.45) is 0 Å². The molecule has 0 aliphatic carbocycles. The lowest BCUT2D eigenvalue weighted by Crippen LogP contribution is -2.36. The fraction of sp³-hybridized carbons (Fsp3) is 0.250. The monoisotopic (exact) mass is 315 g/mol. The van der Waals surface area contributed by atoms with Crippen LogP contribution in [-0.2, 0) is 11.3 Å². The van der Waals surface area contributed by atoms with Gasteiger partial charge in [-0.25, -0.2) is 4.79 Å². The van der Waals surface area contributed by atoms with Crippen LogP contribution in [0.5, 0.6) is 5.75 Å². The van der Waals surface area contributed by atoms with Crippen LogP contribution in [-0.4, -0.2) is 18.5 Å². The van der Waals surface area contributed by atoms with E-state index in [0.29, 0.717) is 23.7 Å². The fourth-order valence-corrected chi connectivity index (χ4v) is 2.28. The summed E-state index contributed by atoms with van der Waals surface area (Å²) in [5.74, 6) is 1.12. The maximum atomic E-state index is 11.9. The van der Waals surface area contributed by atoms with Crippen LogP contribution in [0.1, 0.15) is 24.3 Å². The van der Waals surface area contributed by atoms with E-state index in [1.807, 2.05) is 13.0 Å². The Balaban J connectivity index is 1.59. The van der Waals surface area contributed by atoms with E-state index in [1.165, 1.54) is 0 Å². The summed E-state index contributed by atoms with van der Waals surface area (Å²) in [7, 11) is 0. The molecule has 3 N–H and O–H groups in total. The van der Waals surface area contributed by atoms with E-state index in [9.17, 15) is 9.59 Å². The van der Waals surface area contributed by atoms with Crippen LogP contribution in [0, 0.1) is 0 Å². The number of hydrogen-bond donors (Lipinski definition) is 3. The summed E-state index contributed by atoms with van der Waals surface area (Å²) in [5, 5.41) is 8.30. The first-order chi connectivity index (χ1) is 11.1. The minimum atomic E-state index is -0.299. The fourth-order valence-electron chi connectivity index (χ4n) is 2.28. The summed E-state index contributed by atoms with van der Waals surface area (Å²) in [4.78, 5) is 23.3. The highest BCUT2D eigenvalue weighted by atomic mass is 16.5. The largest absolute Gasteiger partial charge is 0.482 e. The molecule has 3 rings (SSSR count). The Morgan fingerprint density at radius 3 is 3.04 bits per heavy atom. The SMILES string of the molecule is C[C@@H](NC(=O)NCc1ccco1)c1ccc2c(c1)NC(=O)CO2. The van der Waals surface area contributed by atoms with Crippen LogP contribution in [0.3, 0.4) is 0 Å². The predicted molar refractivity (Wildman–Crippen MR) is 83.1 cm³/mol. The maximum Gasteiger partial charge on any atom is 0.315 e. The Labute approximate surface area is 133 Å². The molecule has 0 radical (unpaired) electrons. The van der Waals surface area contributed by atoms with E-state index in [1.54, 1.807) is 30.5 Å². The molecule has 2 aromatic rings. The van der Waals surface area contributed by atoms with Crippen molar-refractivity contribution in [2.75, 3.05) is 11.9 Å². The Morgan fingerprint density at radius 2 is 2.26 bits per heavy atom. The molecule has 0 bridgehead atoms. The first-order valence-corrected chi connectivity index (χ1v) is 7.25. The minimum Gasteiger partial charge on any atom is -0.482 e. The van der Waals surface area contributed by atoms with Gasteiger partial charge >= 0.3 is 6.03 Å². The number of benzene rings is 1. The van der Waals surface area contributed by atoms with Crippen molar-refractivity contribution in [3.63, 3.8) is 0 Å². The lowest BCUT2D eigenvalue weighted by molar-refractivity contribution is -0.118. The van der Waals surface area contributed by atoms with Crippen LogP contribution in [0.15, 0.2) is 41.0 Å². The predicted octanol–water partition coefficient (Wildman–Crippen LogP) is 2.17. The van der Waals surface area contributed by atoms with E-state index >= 15 is 0 Å². The first-order valence-electron chi connectivity index (χ1n) is 7.25. The lowest BCUT2D eigenvalue weighted by atomic mass is 10.1. The second-order valence-corrected chi connectivity index (χ2v) is 5.22. The van der Waals surface area contributed by atoms with Gasteiger partial charge in [-0.3, -0.25) is 4.79 Å². The third-order valence-electron chi connectivity index (χ3n) is 3.49. The molecule has 7 heteroatoms. The molecule has 0 fully saturated rings. The van der Waals surface area contributed by atoms with Crippen molar-refractivity contribution in [2.45, 2.75) is 19.5 Å². The van der Waals surface area contributed by atoms with Gasteiger partial charge in [0, 0.05) is 0 Å². The van der Waals surface area contributed by atoms with Crippen LogP contribution >= 0.6 is 0 Å². The molecule has 1 aromatic carbocycles. The molecular formula is C16H17N3O4. The Bertz CT molecular complexity index is 712. The standard InChI is InChI=1S/C16H17N3O4/c1-10(18-16(21)17-8-12-3-2-6-22-12)11-4-5-14-13(7-11)19-15(20)9-23-14/h2-7,10H,8-9H2,1H3,(H,19,20)(H2,17,18,21)/t10-/m1/s1. The zero-order valence-corrected chi connectivity index (χ0v) is 12.6. The summed E-state index contributed by atoms with van der Waals surface area (Å²) >= 11 is 0. The Kier molecular flexibility index (Phi) is 4.18. The van der Waals surface area contributed by atoms with Gasteiger partial charge in [0.25, 0.3) is 5.91 Å². The molecule has 3 amide bonds. The molecule has 0 saturated heterocycles. The van der Waals surface area contributed by atoms with E-state index in [-0.39, 0.29) is 24.6 Å². The second-order valence-electron chi connectivity index (χ2n) is 5.22. The van der Waals surface area contributed by atoms with Gasteiger partial charge in [-0.1, -0.05) is 6.07 Å². The van der Waals surface area contributed by atoms with E-state index in [0.717, 1.165) is 5.56 Å². The molecular weight excluding hydrogens is 298 g/mol. The minimum absolute atomic E-state index is 0.0232. The number of fused-ring (bicyclic) bond motifs is 1. The molecule has 120 valence electrons. The lowest BCUT2D eigenvalue weighted by Gasteiger charge is -2.21. The molecule has 0 spiro atoms. The van der Waals surface area contributed by atoms with E-state index in [4.69, 9.17) is 9.15 Å². The van der Waals surface area contributed by atoms with Crippen molar-refractivity contribution in [1.82, 2.24) is 10.6 Å². The summed E-state index contributed by atoms with van der Waals surface area (Å²) in [6, 6.07) is 8.46. The number of ether oxygens (including phenoxy) is 1. The van der Waals surface area contributed by atoms with E-state index < -0.39 is 0 Å².